The molecule has 1 atom stereocenters. The summed E-state index contributed by atoms with van der Waals surface area (Å²) < 4.78 is 18.5. The Labute approximate surface area is 93.5 Å². The van der Waals surface area contributed by atoms with E-state index >= 15 is 0 Å². The van der Waals surface area contributed by atoms with Crippen LogP contribution < -0.4 is 5.73 Å². The first-order chi connectivity index (χ1) is 7.53. The van der Waals surface area contributed by atoms with Gasteiger partial charge in [0.1, 0.15) is 11.3 Å². The quantitative estimate of drug-likeness (QED) is 0.868. The third kappa shape index (κ3) is 1.93. The van der Waals surface area contributed by atoms with Crippen LogP contribution in [0.25, 0.3) is 11.1 Å². The molecule has 1 unspecified atom stereocenters. The van der Waals surface area contributed by atoms with E-state index in [9.17, 15) is 4.39 Å². The number of halogens is 1. The number of benzene rings is 1. The number of hydrogen-bond donors (Lipinski definition) is 1. The first kappa shape index (κ1) is 11.1. The van der Waals surface area contributed by atoms with E-state index in [1.165, 1.54) is 12.1 Å². The van der Waals surface area contributed by atoms with Gasteiger partial charge in [0.2, 0.25) is 5.89 Å². The molecule has 2 aromatic rings. The molecule has 2 N–H and O–H groups in total. The minimum Gasteiger partial charge on any atom is -0.439 e. The van der Waals surface area contributed by atoms with Gasteiger partial charge in [-0.05, 0) is 25.5 Å². The van der Waals surface area contributed by atoms with Gasteiger partial charge in [0.25, 0.3) is 0 Å². The number of nitrogens with two attached hydrogens (primary N) is 1. The third-order valence-electron chi connectivity index (χ3n) is 2.61. The Bertz CT molecular complexity index is 505. The van der Waals surface area contributed by atoms with Gasteiger partial charge in [-0.15, -0.1) is 0 Å². The van der Waals surface area contributed by atoms with Crippen molar-refractivity contribution in [3.63, 3.8) is 0 Å². The van der Waals surface area contributed by atoms with E-state index in [1.807, 2.05) is 13.8 Å². The van der Waals surface area contributed by atoms with Gasteiger partial charge in [0.15, 0.2) is 5.58 Å². The van der Waals surface area contributed by atoms with Gasteiger partial charge in [0.05, 0.1) is 5.54 Å². The molecule has 1 aromatic heterocycles. The molecule has 16 heavy (non-hydrogen) atoms. The summed E-state index contributed by atoms with van der Waals surface area (Å²) in [6, 6.07) is 4.28. The number of oxazole rings is 1. The molecule has 0 amide bonds. The summed E-state index contributed by atoms with van der Waals surface area (Å²) >= 11 is 0. The third-order valence-corrected chi connectivity index (χ3v) is 2.61. The predicted octanol–water partition coefficient (Wildman–Crippen LogP) is 2.94. The predicted molar refractivity (Wildman–Crippen MR) is 60.4 cm³/mol. The molecule has 0 radical (unpaired) electrons. The summed E-state index contributed by atoms with van der Waals surface area (Å²) in [4.78, 5) is 4.23. The zero-order valence-corrected chi connectivity index (χ0v) is 9.46. The minimum atomic E-state index is -0.593. The molecule has 86 valence electrons. The molecule has 4 heteroatoms. The van der Waals surface area contributed by atoms with Crippen LogP contribution in [0, 0.1) is 5.82 Å². The molecule has 0 aliphatic heterocycles. The van der Waals surface area contributed by atoms with E-state index in [0.29, 0.717) is 17.0 Å². The van der Waals surface area contributed by atoms with E-state index in [-0.39, 0.29) is 5.82 Å². The molecule has 2 rings (SSSR count). The Kier molecular flexibility index (Phi) is 2.68. The lowest BCUT2D eigenvalue weighted by molar-refractivity contribution is 0.342. The van der Waals surface area contributed by atoms with E-state index in [2.05, 4.69) is 4.98 Å². The highest BCUT2D eigenvalue weighted by molar-refractivity contribution is 5.72. The van der Waals surface area contributed by atoms with Crippen LogP contribution in [-0.4, -0.2) is 4.98 Å². The maximum atomic E-state index is 13.0. The molecule has 0 bridgehead atoms. The van der Waals surface area contributed by atoms with Crippen LogP contribution in [0.15, 0.2) is 22.6 Å². The van der Waals surface area contributed by atoms with Crippen molar-refractivity contribution in [2.24, 2.45) is 5.73 Å². The Hall–Kier alpha value is -1.42. The van der Waals surface area contributed by atoms with Gasteiger partial charge in [-0.3, -0.25) is 0 Å². The Morgan fingerprint density at radius 2 is 2.25 bits per heavy atom. The maximum absolute atomic E-state index is 13.0. The van der Waals surface area contributed by atoms with Crippen LogP contribution in [0.2, 0.25) is 0 Å². The average molecular weight is 222 g/mol. The van der Waals surface area contributed by atoms with Gasteiger partial charge < -0.3 is 10.2 Å². The zero-order chi connectivity index (χ0) is 11.8. The second kappa shape index (κ2) is 3.87. The van der Waals surface area contributed by atoms with Crippen molar-refractivity contribution in [2.45, 2.75) is 32.2 Å². The van der Waals surface area contributed by atoms with Crippen molar-refractivity contribution in [1.29, 1.82) is 0 Å². The lowest BCUT2D eigenvalue weighted by Gasteiger charge is -2.19. The molecule has 0 aliphatic rings. The van der Waals surface area contributed by atoms with Crippen molar-refractivity contribution < 1.29 is 8.81 Å². The van der Waals surface area contributed by atoms with Crippen LogP contribution in [0.4, 0.5) is 4.39 Å². The molecular weight excluding hydrogens is 207 g/mol. The second-order valence-corrected chi connectivity index (χ2v) is 4.30. The minimum absolute atomic E-state index is 0.318. The van der Waals surface area contributed by atoms with Crippen molar-refractivity contribution in [1.82, 2.24) is 4.98 Å². The summed E-state index contributed by atoms with van der Waals surface area (Å²) in [5.41, 5.74) is 6.60. The molecule has 1 aromatic carbocycles. The summed E-state index contributed by atoms with van der Waals surface area (Å²) in [7, 11) is 0. The van der Waals surface area contributed by atoms with Gasteiger partial charge in [-0.2, -0.15) is 0 Å². The Morgan fingerprint density at radius 1 is 1.50 bits per heavy atom. The molecule has 0 saturated heterocycles. The van der Waals surface area contributed by atoms with Crippen molar-refractivity contribution in [3.05, 3.63) is 29.9 Å². The molecular formula is C12H15FN2O. The highest BCUT2D eigenvalue weighted by Crippen LogP contribution is 2.26. The number of rotatable bonds is 3. The van der Waals surface area contributed by atoms with E-state index < -0.39 is 5.54 Å². The highest BCUT2D eigenvalue weighted by atomic mass is 19.1. The molecule has 1 heterocycles. The maximum Gasteiger partial charge on any atom is 0.215 e. The SMILES string of the molecule is CCCC(C)(N)c1nc2cc(F)ccc2o1. The molecule has 0 fully saturated rings. The summed E-state index contributed by atoms with van der Waals surface area (Å²) in [6.45, 7) is 3.92. The number of fused-ring (bicyclic) bond motifs is 1. The van der Waals surface area contributed by atoms with Crippen LogP contribution in [0.3, 0.4) is 0 Å². The topological polar surface area (TPSA) is 52.0 Å². The molecule has 3 nitrogen and oxygen atoms in total. The lowest BCUT2D eigenvalue weighted by atomic mass is 9.98. The average Bonchev–Trinajstić information content (AvgIpc) is 2.61. The van der Waals surface area contributed by atoms with Crippen molar-refractivity contribution >= 4 is 11.1 Å². The van der Waals surface area contributed by atoms with Crippen LogP contribution >= 0.6 is 0 Å². The standard InChI is InChI=1S/C12H15FN2O/c1-3-6-12(2,14)11-15-9-7-8(13)4-5-10(9)16-11/h4-5,7H,3,6,14H2,1-2H3. The Balaban J connectivity index is 2.46. The largest absolute Gasteiger partial charge is 0.439 e. The normalized spacial score (nSPS) is 15.2. The fourth-order valence-corrected chi connectivity index (χ4v) is 1.77. The first-order valence-electron chi connectivity index (χ1n) is 5.38. The molecule has 0 aliphatic carbocycles. The van der Waals surface area contributed by atoms with E-state index in [0.717, 1.165) is 12.8 Å². The monoisotopic (exact) mass is 222 g/mol. The van der Waals surface area contributed by atoms with Gasteiger partial charge in [-0.1, -0.05) is 13.3 Å². The Morgan fingerprint density at radius 3 is 2.94 bits per heavy atom. The summed E-state index contributed by atoms with van der Waals surface area (Å²) in [6.07, 6.45) is 1.72. The van der Waals surface area contributed by atoms with Crippen LogP contribution in [0.5, 0.6) is 0 Å². The van der Waals surface area contributed by atoms with Crippen LogP contribution in [-0.2, 0) is 5.54 Å². The van der Waals surface area contributed by atoms with Gasteiger partial charge >= 0.3 is 0 Å². The summed E-state index contributed by atoms with van der Waals surface area (Å²) in [5.74, 6) is 0.150. The number of nitrogens with zero attached hydrogens (tertiary/aromatic N) is 1. The molecule has 0 saturated carbocycles. The second-order valence-electron chi connectivity index (χ2n) is 4.30. The molecule has 0 spiro atoms. The van der Waals surface area contributed by atoms with Crippen molar-refractivity contribution in [3.8, 4) is 0 Å². The van der Waals surface area contributed by atoms with E-state index in [4.69, 9.17) is 10.2 Å². The van der Waals surface area contributed by atoms with E-state index in [1.54, 1.807) is 6.07 Å². The summed E-state index contributed by atoms with van der Waals surface area (Å²) in [5, 5.41) is 0. The van der Waals surface area contributed by atoms with Crippen molar-refractivity contribution in [2.75, 3.05) is 0 Å². The number of aromatic nitrogens is 1. The fourth-order valence-electron chi connectivity index (χ4n) is 1.77. The number of hydrogen-bond acceptors (Lipinski definition) is 3. The highest BCUT2D eigenvalue weighted by Gasteiger charge is 2.26. The smallest absolute Gasteiger partial charge is 0.215 e. The van der Waals surface area contributed by atoms with Gasteiger partial charge in [-0.25, -0.2) is 9.37 Å². The lowest BCUT2D eigenvalue weighted by Crippen LogP contribution is -2.33. The fraction of sp³-hybridized carbons (Fsp3) is 0.417. The first-order valence-corrected chi connectivity index (χ1v) is 5.38. The van der Waals surface area contributed by atoms with Crippen LogP contribution in [0.1, 0.15) is 32.6 Å². The van der Waals surface area contributed by atoms with Gasteiger partial charge in [0, 0.05) is 6.07 Å². The zero-order valence-electron chi connectivity index (χ0n) is 9.46.